The highest BCUT2D eigenvalue weighted by atomic mass is 16.2. The second kappa shape index (κ2) is 7.46. The van der Waals surface area contributed by atoms with E-state index in [2.05, 4.69) is 15.7 Å². The molecule has 0 aliphatic rings. The summed E-state index contributed by atoms with van der Waals surface area (Å²) in [6, 6.07) is 17.5. The summed E-state index contributed by atoms with van der Waals surface area (Å²) in [5, 5.41) is 9.95. The minimum Gasteiger partial charge on any atom is -0.334 e. The zero-order chi connectivity index (χ0) is 16.8. The van der Waals surface area contributed by atoms with Gasteiger partial charge in [-0.1, -0.05) is 36.4 Å². The maximum absolute atomic E-state index is 12.1. The Morgan fingerprint density at radius 3 is 2.79 bits per heavy atom. The van der Waals surface area contributed by atoms with Gasteiger partial charge in [-0.25, -0.2) is 4.79 Å². The van der Waals surface area contributed by atoms with Gasteiger partial charge in [-0.05, 0) is 41.8 Å². The number of rotatable bonds is 5. The lowest BCUT2D eigenvalue weighted by Crippen LogP contribution is -2.28. The van der Waals surface area contributed by atoms with Crippen LogP contribution >= 0.6 is 0 Å². The van der Waals surface area contributed by atoms with Gasteiger partial charge in [-0.2, -0.15) is 5.10 Å². The zero-order valence-electron chi connectivity index (χ0n) is 13.6. The molecule has 0 spiro atoms. The van der Waals surface area contributed by atoms with Crippen LogP contribution in [0.3, 0.4) is 0 Å². The maximum atomic E-state index is 12.1. The number of anilines is 1. The third-order valence-corrected chi connectivity index (χ3v) is 3.79. The molecule has 0 saturated carbocycles. The number of urea groups is 1. The molecule has 0 atom stereocenters. The Kier molecular flexibility index (Phi) is 4.91. The van der Waals surface area contributed by atoms with E-state index in [9.17, 15) is 4.79 Å². The molecule has 2 N–H and O–H groups in total. The summed E-state index contributed by atoms with van der Waals surface area (Å²) in [5.41, 5.74) is 4.12. The second-order valence-corrected chi connectivity index (χ2v) is 5.64. The van der Waals surface area contributed by atoms with Crippen LogP contribution in [-0.2, 0) is 13.1 Å². The van der Waals surface area contributed by atoms with Crippen LogP contribution in [-0.4, -0.2) is 15.8 Å². The predicted octanol–water partition coefficient (Wildman–Crippen LogP) is 3.56. The molecular weight excluding hydrogens is 300 g/mol. The van der Waals surface area contributed by atoms with Crippen molar-refractivity contribution in [3.63, 3.8) is 0 Å². The minimum absolute atomic E-state index is 0.213. The molecule has 0 saturated heterocycles. The molecule has 2 amide bonds. The molecule has 0 fully saturated rings. The Morgan fingerprint density at radius 2 is 2.00 bits per heavy atom. The number of carbonyl (C=O) groups excluding carboxylic acids is 1. The van der Waals surface area contributed by atoms with Gasteiger partial charge in [0.1, 0.15) is 0 Å². The van der Waals surface area contributed by atoms with Gasteiger partial charge in [-0.3, -0.25) is 4.68 Å². The highest BCUT2D eigenvalue weighted by molar-refractivity contribution is 5.89. The monoisotopic (exact) mass is 320 g/mol. The fourth-order valence-corrected chi connectivity index (χ4v) is 2.49. The van der Waals surface area contributed by atoms with Crippen molar-refractivity contribution in [2.45, 2.75) is 20.0 Å². The molecule has 0 bridgehead atoms. The quantitative estimate of drug-likeness (QED) is 0.755. The molecule has 2 aromatic carbocycles. The first-order valence-corrected chi connectivity index (χ1v) is 7.86. The topological polar surface area (TPSA) is 59.0 Å². The van der Waals surface area contributed by atoms with Crippen LogP contribution in [0, 0.1) is 6.92 Å². The van der Waals surface area contributed by atoms with Crippen molar-refractivity contribution in [3.8, 4) is 0 Å². The normalized spacial score (nSPS) is 10.4. The van der Waals surface area contributed by atoms with E-state index >= 15 is 0 Å². The number of nitrogens with one attached hydrogen (secondary N) is 2. The maximum Gasteiger partial charge on any atom is 0.319 e. The number of amides is 2. The van der Waals surface area contributed by atoms with Crippen LogP contribution in [0.2, 0.25) is 0 Å². The van der Waals surface area contributed by atoms with Crippen LogP contribution < -0.4 is 10.6 Å². The molecule has 1 heterocycles. The lowest BCUT2D eigenvalue weighted by atomic mass is 10.1. The SMILES string of the molecule is Cc1ccccc1CNC(=O)Nc1cccc(Cn2cccn2)c1. The second-order valence-electron chi connectivity index (χ2n) is 5.64. The summed E-state index contributed by atoms with van der Waals surface area (Å²) >= 11 is 0. The summed E-state index contributed by atoms with van der Waals surface area (Å²) in [4.78, 5) is 12.1. The average molecular weight is 320 g/mol. The first kappa shape index (κ1) is 15.8. The van der Waals surface area contributed by atoms with Gasteiger partial charge in [0.2, 0.25) is 0 Å². The number of aromatic nitrogens is 2. The summed E-state index contributed by atoms with van der Waals surface area (Å²) < 4.78 is 1.84. The molecule has 5 heteroatoms. The third-order valence-electron chi connectivity index (χ3n) is 3.79. The summed E-state index contributed by atoms with van der Waals surface area (Å²) in [6.07, 6.45) is 3.66. The van der Waals surface area contributed by atoms with E-state index in [1.807, 2.05) is 72.4 Å². The Hall–Kier alpha value is -3.08. The van der Waals surface area contributed by atoms with Crippen molar-refractivity contribution in [2.24, 2.45) is 0 Å². The Labute approximate surface area is 141 Å². The minimum atomic E-state index is -0.213. The number of aryl methyl sites for hydroxylation is 1. The molecule has 0 aliphatic carbocycles. The van der Waals surface area contributed by atoms with E-state index in [0.29, 0.717) is 13.1 Å². The highest BCUT2D eigenvalue weighted by Gasteiger charge is 2.04. The smallest absolute Gasteiger partial charge is 0.319 e. The number of benzene rings is 2. The number of carbonyl (C=O) groups is 1. The van der Waals surface area contributed by atoms with Crippen molar-refractivity contribution in [2.75, 3.05) is 5.32 Å². The van der Waals surface area contributed by atoms with Crippen LogP contribution in [0.5, 0.6) is 0 Å². The van der Waals surface area contributed by atoms with Crippen LogP contribution in [0.15, 0.2) is 67.0 Å². The van der Waals surface area contributed by atoms with E-state index in [0.717, 1.165) is 16.8 Å². The zero-order valence-corrected chi connectivity index (χ0v) is 13.6. The van der Waals surface area contributed by atoms with Crippen LogP contribution in [0.25, 0.3) is 0 Å². The van der Waals surface area contributed by atoms with Crippen molar-refractivity contribution in [1.82, 2.24) is 15.1 Å². The third kappa shape index (κ3) is 4.23. The molecule has 0 unspecified atom stereocenters. The predicted molar refractivity (Wildman–Crippen MR) is 94.8 cm³/mol. The Balaban J connectivity index is 1.57. The van der Waals surface area contributed by atoms with Gasteiger partial charge < -0.3 is 10.6 Å². The Morgan fingerprint density at radius 1 is 1.12 bits per heavy atom. The van der Waals surface area contributed by atoms with Gasteiger partial charge >= 0.3 is 6.03 Å². The lowest BCUT2D eigenvalue weighted by molar-refractivity contribution is 0.251. The summed E-state index contributed by atoms with van der Waals surface area (Å²) in [7, 11) is 0. The van der Waals surface area contributed by atoms with Crippen molar-refractivity contribution < 1.29 is 4.79 Å². The molecule has 0 aliphatic heterocycles. The molecular formula is C19H20N4O. The van der Waals surface area contributed by atoms with E-state index in [1.165, 1.54) is 5.56 Å². The van der Waals surface area contributed by atoms with Crippen molar-refractivity contribution in [1.29, 1.82) is 0 Å². The van der Waals surface area contributed by atoms with Gasteiger partial charge in [0.05, 0.1) is 6.54 Å². The van der Waals surface area contributed by atoms with Crippen LogP contribution in [0.1, 0.15) is 16.7 Å². The Bertz CT molecular complexity index is 812. The first-order valence-electron chi connectivity index (χ1n) is 7.86. The first-order chi connectivity index (χ1) is 11.7. The van der Waals surface area contributed by atoms with Crippen LogP contribution in [0.4, 0.5) is 10.5 Å². The fraction of sp³-hybridized carbons (Fsp3) is 0.158. The molecule has 24 heavy (non-hydrogen) atoms. The molecule has 3 rings (SSSR count). The molecule has 5 nitrogen and oxygen atoms in total. The number of hydrogen-bond acceptors (Lipinski definition) is 2. The molecule has 122 valence electrons. The number of hydrogen-bond donors (Lipinski definition) is 2. The fourth-order valence-electron chi connectivity index (χ4n) is 2.49. The molecule has 0 radical (unpaired) electrons. The molecule has 3 aromatic rings. The lowest BCUT2D eigenvalue weighted by Gasteiger charge is -2.10. The van der Waals surface area contributed by atoms with Crippen molar-refractivity contribution >= 4 is 11.7 Å². The largest absolute Gasteiger partial charge is 0.334 e. The van der Waals surface area contributed by atoms with Gasteiger partial charge in [-0.15, -0.1) is 0 Å². The van der Waals surface area contributed by atoms with E-state index in [4.69, 9.17) is 0 Å². The summed E-state index contributed by atoms with van der Waals surface area (Å²) in [5.74, 6) is 0. The van der Waals surface area contributed by atoms with E-state index in [-0.39, 0.29) is 6.03 Å². The van der Waals surface area contributed by atoms with Gasteiger partial charge in [0.15, 0.2) is 0 Å². The standard InChI is InChI=1S/C19H20N4O/c1-15-6-2-3-8-17(15)13-20-19(24)22-18-9-4-7-16(12-18)14-23-11-5-10-21-23/h2-12H,13-14H2,1H3,(H2,20,22,24). The molecule has 1 aromatic heterocycles. The van der Waals surface area contributed by atoms with Gasteiger partial charge in [0.25, 0.3) is 0 Å². The van der Waals surface area contributed by atoms with E-state index in [1.54, 1.807) is 6.20 Å². The summed E-state index contributed by atoms with van der Waals surface area (Å²) in [6.45, 7) is 3.21. The number of nitrogens with zero attached hydrogens (tertiary/aromatic N) is 2. The average Bonchev–Trinajstić information content (AvgIpc) is 3.07. The van der Waals surface area contributed by atoms with Gasteiger partial charge in [0, 0.05) is 24.6 Å². The van der Waals surface area contributed by atoms with Crippen molar-refractivity contribution in [3.05, 3.63) is 83.7 Å². The highest BCUT2D eigenvalue weighted by Crippen LogP contribution is 2.12. The van der Waals surface area contributed by atoms with E-state index < -0.39 is 0 Å².